The Kier molecular flexibility index (Phi) is 4.71. The molecule has 3 N–H and O–H groups in total. The number of pyridine rings is 1. The molecule has 104 valence electrons. The van der Waals surface area contributed by atoms with E-state index in [9.17, 15) is 0 Å². The minimum Gasteiger partial charge on any atom is -0.370 e. The van der Waals surface area contributed by atoms with Crippen molar-refractivity contribution in [2.45, 2.75) is 26.8 Å². The number of benzene rings is 1. The summed E-state index contributed by atoms with van der Waals surface area (Å²) in [5.41, 5.74) is 10.2. The summed E-state index contributed by atoms with van der Waals surface area (Å²) in [4.78, 5) is 8.55. The van der Waals surface area contributed by atoms with E-state index in [0.29, 0.717) is 12.5 Å². The number of nitrogens with zero attached hydrogens (tertiary/aromatic N) is 2. The molecule has 0 aliphatic heterocycles. The van der Waals surface area contributed by atoms with E-state index in [2.05, 4.69) is 34.3 Å². The Balaban J connectivity index is 1.96. The third kappa shape index (κ3) is 4.09. The minimum atomic E-state index is 0.401. The Morgan fingerprint density at radius 2 is 2.00 bits per heavy atom. The van der Waals surface area contributed by atoms with Crippen molar-refractivity contribution in [3.05, 3.63) is 59.4 Å². The predicted octanol–water partition coefficient (Wildman–Crippen LogP) is 2.88. The molecule has 0 atom stereocenters. The highest BCUT2D eigenvalue weighted by Gasteiger charge is 1.97. The molecule has 2 rings (SSSR count). The lowest BCUT2D eigenvalue weighted by atomic mass is 10.1. The smallest absolute Gasteiger partial charge is 0.193 e. The van der Waals surface area contributed by atoms with E-state index in [0.717, 1.165) is 17.8 Å². The molecule has 1 aromatic carbocycles. The van der Waals surface area contributed by atoms with Gasteiger partial charge in [0.15, 0.2) is 5.96 Å². The van der Waals surface area contributed by atoms with Crippen molar-refractivity contribution in [3.63, 3.8) is 0 Å². The summed E-state index contributed by atoms with van der Waals surface area (Å²) < 4.78 is 0. The number of nitrogens with two attached hydrogens (primary N) is 1. The lowest BCUT2D eigenvalue weighted by molar-refractivity contribution is 0.979. The van der Waals surface area contributed by atoms with Crippen LogP contribution in [0.25, 0.3) is 0 Å². The number of anilines is 1. The first-order valence-electron chi connectivity index (χ1n) is 6.75. The first-order valence-corrected chi connectivity index (χ1v) is 6.75. The van der Waals surface area contributed by atoms with Gasteiger partial charge in [-0.1, -0.05) is 19.1 Å². The highest BCUT2D eigenvalue weighted by Crippen LogP contribution is 2.09. The monoisotopic (exact) mass is 268 g/mol. The number of rotatable bonds is 4. The van der Waals surface area contributed by atoms with Crippen molar-refractivity contribution in [3.8, 4) is 0 Å². The van der Waals surface area contributed by atoms with E-state index < -0.39 is 0 Å². The average molecular weight is 268 g/mol. The van der Waals surface area contributed by atoms with Crippen LogP contribution in [-0.4, -0.2) is 10.9 Å². The molecule has 0 bridgehead atoms. The maximum atomic E-state index is 5.87. The van der Waals surface area contributed by atoms with E-state index in [4.69, 9.17) is 5.73 Å². The zero-order chi connectivity index (χ0) is 14.4. The molecule has 20 heavy (non-hydrogen) atoms. The van der Waals surface area contributed by atoms with Gasteiger partial charge < -0.3 is 11.1 Å². The number of nitrogens with one attached hydrogen (secondary N) is 1. The third-order valence-electron chi connectivity index (χ3n) is 3.02. The Morgan fingerprint density at radius 1 is 1.25 bits per heavy atom. The molecule has 0 unspecified atom stereocenters. The molecule has 0 amide bonds. The lowest BCUT2D eigenvalue weighted by Crippen LogP contribution is -2.22. The molecule has 0 spiro atoms. The fourth-order valence-corrected chi connectivity index (χ4v) is 1.86. The molecule has 2 aromatic rings. The molecule has 4 nitrogen and oxygen atoms in total. The second kappa shape index (κ2) is 6.70. The summed E-state index contributed by atoms with van der Waals surface area (Å²) in [5.74, 6) is 0.401. The van der Waals surface area contributed by atoms with Gasteiger partial charge in [-0.3, -0.25) is 4.98 Å². The first kappa shape index (κ1) is 14.1. The number of aryl methyl sites for hydroxylation is 2. The zero-order valence-electron chi connectivity index (χ0n) is 11.9. The van der Waals surface area contributed by atoms with E-state index in [1.165, 1.54) is 11.1 Å². The summed E-state index contributed by atoms with van der Waals surface area (Å²) in [7, 11) is 0. The summed E-state index contributed by atoms with van der Waals surface area (Å²) in [6, 6.07) is 12.1. The Morgan fingerprint density at radius 3 is 2.65 bits per heavy atom. The van der Waals surface area contributed by atoms with Crippen LogP contribution < -0.4 is 11.1 Å². The fraction of sp³-hybridized carbons (Fsp3) is 0.250. The SMILES string of the molecule is CCc1ccc(NC(N)=NCc2cc(C)ccn2)cc1. The highest BCUT2D eigenvalue weighted by molar-refractivity contribution is 5.92. The van der Waals surface area contributed by atoms with Gasteiger partial charge in [-0.05, 0) is 48.7 Å². The number of aliphatic imine (C=N–C) groups is 1. The van der Waals surface area contributed by atoms with Crippen LogP contribution in [0.4, 0.5) is 5.69 Å². The van der Waals surface area contributed by atoms with Crippen LogP contribution in [0.15, 0.2) is 47.6 Å². The maximum Gasteiger partial charge on any atom is 0.193 e. The molecule has 0 aliphatic carbocycles. The number of hydrogen-bond donors (Lipinski definition) is 2. The molecular formula is C16H20N4. The Bertz CT molecular complexity index is 588. The maximum absolute atomic E-state index is 5.87. The molecule has 1 heterocycles. The molecule has 0 radical (unpaired) electrons. The first-order chi connectivity index (χ1) is 9.67. The van der Waals surface area contributed by atoms with Crippen LogP contribution in [0.3, 0.4) is 0 Å². The van der Waals surface area contributed by atoms with Crippen molar-refractivity contribution in [2.24, 2.45) is 10.7 Å². The normalized spacial score (nSPS) is 11.4. The largest absolute Gasteiger partial charge is 0.370 e. The van der Waals surface area contributed by atoms with Gasteiger partial charge >= 0.3 is 0 Å². The molecular weight excluding hydrogens is 248 g/mol. The topological polar surface area (TPSA) is 63.3 Å². The van der Waals surface area contributed by atoms with Gasteiger partial charge in [0.25, 0.3) is 0 Å². The molecule has 0 saturated heterocycles. The quantitative estimate of drug-likeness (QED) is 0.662. The summed E-state index contributed by atoms with van der Waals surface area (Å²) in [6.45, 7) is 4.65. The molecule has 1 aromatic heterocycles. The van der Waals surface area contributed by atoms with Crippen molar-refractivity contribution in [2.75, 3.05) is 5.32 Å². The van der Waals surface area contributed by atoms with E-state index in [1.807, 2.05) is 31.2 Å². The van der Waals surface area contributed by atoms with Crippen molar-refractivity contribution < 1.29 is 0 Å². The van der Waals surface area contributed by atoms with Crippen LogP contribution in [0.2, 0.25) is 0 Å². The summed E-state index contributed by atoms with van der Waals surface area (Å²) in [6.07, 6.45) is 2.82. The lowest BCUT2D eigenvalue weighted by Gasteiger charge is -2.06. The average Bonchev–Trinajstić information content (AvgIpc) is 2.46. The van der Waals surface area contributed by atoms with E-state index >= 15 is 0 Å². The predicted molar refractivity (Wildman–Crippen MR) is 83.7 cm³/mol. The minimum absolute atomic E-state index is 0.401. The van der Waals surface area contributed by atoms with Crippen LogP contribution >= 0.6 is 0 Å². The van der Waals surface area contributed by atoms with E-state index in [1.54, 1.807) is 6.20 Å². The second-order valence-corrected chi connectivity index (χ2v) is 4.70. The third-order valence-corrected chi connectivity index (χ3v) is 3.02. The van der Waals surface area contributed by atoms with Crippen molar-refractivity contribution >= 4 is 11.6 Å². The number of hydrogen-bond acceptors (Lipinski definition) is 2. The van der Waals surface area contributed by atoms with Crippen molar-refractivity contribution in [1.82, 2.24) is 4.98 Å². The van der Waals surface area contributed by atoms with Gasteiger partial charge in [0.2, 0.25) is 0 Å². The Labute approximate surface area is 119 Å². The summed E-state index contributed by atoms with van der Waals surface area (Å²) >= 11 is 0. The zero-order valence-corrected chi connectivity index (χ0v) is 11.9. The molecule has 4 heteroatoms. The molecule has 0 fully saturated rings. The van der Waals surface area contributed by atoms with Gasteiger partial charge in [-0.2, -0.15) is 0 Å². The van der Waals surface area contributed by atoms with Crippen LogP contribution in [0.5, 0.6) is 0 Å². The van der Waals surface area contributed by atoms with Crippen LogP contribution in [0, 0.1) is 6.92 Å². The molecule has 0 aliphatic rings. The number of guanidine groups is 1. The van der Waals surface area contributed by atoms with Crippen LogP contribution in [0.1, 0.15) is 23.7 Å². The van der Waals surface area contributed by atoms with Gasteiger partial charge in [-0.15, -0.1) is 0 Å². The fourth-order valence-electron chi connectivity index (χ4n) is 1.86. The molecule has 0 saturated carbocycles. The standard InChI is InChI=1S/C16H20N4/c1-3-13-4-6-14(7-5-13)20-16(17)19-11-15-10-12(2)8-9-18-15/h4-10H,3,11H2,1-2H3,(H3,17,19,20). The highest BCUT2D eigenvalue weighted by atomic mass is 15.1. The van der Waals surface area contributed by atoms with Gasteiger partial charge in [-0.25, -0.2) is 4.99 Å². The van der Waals surface area contributed by atoms with Gasteiger partial charge in [0.1, 0.15) is 0 Å². The van der Waals surface area contributed by atoms with Gasteiger partial charge in [0, 0.05) is 11.9 Å². The number of aromatic nitrogens is 1. The van der Waals surface area contributed by atoms with Crippen LogP contribution in [-0.2, 0) is 13.0 Å². The van der Waals surface area contributed by atoms with Gasteiger partial charge in [0.05, 0.1) is 12.2 Å². The Hall–Kier alpha value is -2.36. The van der Waals surface area contributed by atoms with E-state index in [-0.39, 0.29) is 0 Å². The van der Waals surface area contributed by atoms with Crippen molar-refractivity contribution in [1.29, 1.82) is 0 Å². The summed E-state index contributed by atoms with van der Waals surface area (Å²) in [5, 5.41) is 3.08. The second-order valence-electron chi connectivity index (χ2n) is 4.70.